The van der Waals surface area contributed by atoms with Gasteiger partial charge in [0.05, 0.1) is 6.61 Å². The Labute approximate surface area is 190 Å². The number of anilines is 1. The minimum absolute atomic E-state index is 0. The summed E-state index contributed by atoms with van der Waals surface area (Å²) in [6, 6.07) is 17.7. The maximum Gasteiger partial charge on any atom is 0.224 e. The number of hydrogen-bond donors (Lipinski definition) is 4. The van der Waals surface area contributed by atoms with E-state index in [2.05, 4.69) is 20.9 Å². The Morgan fingerprint density at radius 2 is 1.86 bits per heavy atom. The molecular weight excluding hydrogens is 479 g/mol. The summed E-state index contributed by atoms with van der Waals surface area (Å²) >= 11 is 0. The number of guanidine groups is 1. The smallest absolute Gasteiger partial charge is 0.224 e. The van der Waals surface area contributed by atoms with Crippen LogP contribution in [-0.4, -0.2) is 37.2 Å². The molecule has 0 aromatic heterocycles. The van der Waals surface area contributed by atoms with E-state index in [9.17, 15) is 9.90 Å². The van der Waals surface area contributed by atoms with E-state index in [0.717, 1.165) is 23.2 Å². The molecule has 0 aliphatic rings. The summed E-state index contributed by atoms with van der Waals surface area (Å²) in [5.41, 5.74) is 2.92. The molecule has 1 unspecified atom stereocenters. The highest BCUT2D eigenvalue weighted by atomic mass is 127. The molecule has 0 aliphatic heterocycles. The van der Waals surface area contributed by atoms with E-state index >= 15 is 0 Å². The normalized spacial score (nSPS) is 11.9. The minimum Gasteiger partial charge on any atom is -0.396 e. The molecule has 0 fully saturated rings. The number of amides is 1. The molecule has 6 nitrogen and oxygen atoms in total. The fraction of sp³-hybridized carbons (Fsp3) is 0.364. The summed E-state index contributed by atoms with van der Waals surface area (Å²) in [6.07, 6.45) is 1.35. The van der Waals surface area contributed by atoms with Gasteiger partial charge in [-0.3, -0.25) is 9.79 Å². The molecule has 0 heterocycles. The van der Waals surface area contributed by atoms with Gasteiger partial charge in [-0.1, -0.05) is 49.4 Å². The molecule has 0 saturated carbocycles. The van der Waals surface area contributed by atoms with E-state index in [1.807, 2.05) is 61.5 Å². The molecule has 1 amide bonds. The zero-order valence-corrected chi connectivity index (χ0v) is 19.4. The van der Waals surface area contributed by atoms with Crippen LogP contribution in [0.25, 0.3) is 0 Å². The first-order valence-electron chi connectivity index (χ1n) is 9.65. The van der Waals surface area contributed by atoms with Gasteiger partial charge in [0.15, 0.2) is 5.96 Å². The largest absolute Gasteiger partial charge is 0.396 e. The first-order chi connectivity index (χ1) is 13.7. The molecule has 29 heavy (non-hydrogen) atoms. The van der Waals surface area contributed by atoms with Gasteiger partial charge in [0.1, 0.15) is 0 Å². The monoisotopic (exact) mass is 510 g/mol. The molecule has 0 aliphatic carbocycles. The predicted molar refractivity (Wildman–Crippen MR) is 130 cm³/mol. The van der Waals surface area contributed by atoms with Crippen molar-refractivity contribution in [3.63, 3.8) is 0 Å². The molecule has 2 rings (SSSR count). The molecule has 0 radical (unpaired) electrons. The summed E-state index contributed by atoms with van der Waals surface area (Å²) in [6.45, 7) is 3.20. The summed E-state index contributed by atoms with van der Waals surface area (Å²) in [5.74, 6) is 0.688. The number of halogens is 1. The number of aliphatic hydroxyl groups is 1. The maximum absolute atomic E-state index is 11.8. The standard InChI is InChI=1S/C22H30N4O2.HI/c1-3-8-21(28)26-20-12-7-9-17(13-20)14-24-22(23-2)25-15-19(16-27)18-10-5-4-6-11-18;/h4-7,9-13,19,27H,3,8,14-16H2,1-2H3,(H,26,28)(H2,23,24,25);1H. The highest BCUT2D eigenvalue weighted by Gasteiger charge is 2.11. The SMILES string of the molecule is CCCC(=O)Nc1cccc(CNC(=NC)NCC(CO)c2ccccc2)c1.I. The minimum atomic E-state index is -0.00291. The zero-order valence-electron chi connectivity index (χ0n) is 17.0. The molecular formula is C22H31IN4O2. The van der Waals surface area contributed by atoms with Gasteiger partial charge in [-0.05, 0) is 29.7 Å². The summed E-state index contributed by atoms with van der Waals surface area (Å²) < 4.78 is 0. The molecule has 0 spiro atoms. The molecule has 0 saturated heterocycles. The highest BCUT2D eigenvalue weighted by Crippen LogP contribution is 2.14. The second-order valence-electron chi connectivity index (χ2n) is 6.60. The second kappa shape index (κ2) is 13.9. The number of nitrogens with one attached hydrogen (secondary N) is 3. The molecule has 2 aromatic carbocycles. The Kier molecular flexibility index (Phi) is 12.0. The topological polar surface area (TPSA) is 85.8 Å². The molecule has 1 atom stereocenters. The fourth-order valence-corrected chi connectivity index (χ4v) is 2.85. The van der Waals surface area contributed by atoms with Crippen molar-refractivity contribution in [1.82, 2.24) is 10.6 Å². The van der Waals surface area contributed by atoms with Gasteiger partial charge in [0.2, 0.25) is 5.91 Å². The maximum atomic E-state index is 11.8. The average Bonchev–Trinajstić information content (AvgIpc) is 2.72. The van der Waals surface area contributed by atoms with Gasteiger partial charge in [-0.2, -0.15) is 0 Å². The van der Waals surface area contributed by atoms with Crippen molar-refractivity contribution >= 4 is 41.5 Å². The Morgan fingerprint density at radius 3 is 2.52 bits per heavy atom. The molecule has 4 N–H and O–H groups in total. The lowest BCUT2D eigenvalue weighted by Crippen LogP contribution is -2.39. The third-order valence-electron chi connectivity index (χ3n) is 4.38. The Morgan fingerprint density at radius 1 is 1.10 bits per heavy atom. The fourth-order valence-electron chi connectivity index (χ4n) is 2.85. The number of benzene rings is 2. The van der Waals surface area contributed by atoms with E-state index in [1.165, 1.54) is 0 Å². The Hall–Kier alpha value is -2.13. The van der Waals surface area contributed by atoms with Crippen molar-refractivity contribution < 1.29 is 9.90 Å². The third kappa shape index (κ3) is 8.82. The van der Waals surface area contributed by atoms with E-state index in [-0.39, 0.29) is 42.4 Å². The lowest BCUT2D eigenvalue weighted by molar-refractivity contribution is -0.116. The van der Waals surface area contributed by atoms with Crippen LogP contribution < -0.4 is 16.0 Å². The third-order valence-corrected chi connectivity index (χ3v) is 4.38. The van der Waals surface area contributed by atoms with Gasteiger partial charge in [0, 0.05) is 38.2 Å². The highest BCUT2D eigenvalue weighted by molar-refractivity contribution is 14.0. The van der Waals surface area contributed by atoms with Crippen LogP contribution in [0.15, 0.2) is 59.6 Å². The Bertz CT molecular complexity index is 768. The quantitative estimate of drug-likeness (QED) is 0.237. The van der Waals surface area contributed by atoms with E-state index < -0.39 is 0 Å². The first kappa shape index (κ1) is 24.9. The van der Waals surface area contributed by atoms with Crippen LogP contribution >= 0.6 is 24.0 Å². The number of carbonyl (C=O) groups excluding carboxylic acids is 1. The van der Waals surface area contributed by atoms with E-state index in [0.29, 0.717) is 25.5 Å². The Balaban J connectivity index is 0.00000420. The summed E-state index contributed by atoms with van der Waals surface area (Å²) in [4.78, 5) is 16.0. The van der Waals surface area contributed by atoms with Gasteiger partial charge in [-0.25, -0.2) is 0 Å². The van der Waals surface area contributed by atoms with Crippen molar-refractivity contribution in [2.24, 2.45) is 4.99 Å². The molecule has 2 aromatic rings. The van der Waals surface area contributed by atoms with Crippen molar-refractivity contribution in [1.29, 1.82) is 0 Å². The average molecular weight is 510 g/mol. The van der Waals surface area contributed by atoms with Crippen LogP contribution in [0.4, 0.5) is 5.69 Å². The lowest BCUT2D eigenvalue weighted by Gasteiger charge is -2.18. The molecule has 0 bridgehead atoms. The number of carbonyl (C=O) groups is 1. The van der Waals surface area contributed by atoms with Crippen LogP contribution in [0, 0.1) is 0 Å². The number of rotatable bonds is 9. The molecule has 7 heteroatoms. The van der Waals surface area contributed by atoms with Gasteiger partial charge < -0.3 is 21.1 Å². The number of aliphatic hydroxyl groups excluding tert-OH is 1. The van der Waals surface area contributed by atoms with E-state index in [1.54, 1.807) is 7.05 Å². The van der Waals surface area contributed by atoms with Crippen molar-refractivity contribution in [3.8, 4) is 0 Å². The van der Waals surface area contributed by atoms with Gasteiger partial charge in [0.25, 0.3) is 0 Å². The first-order valence-corrected chi connectivity index (χ1v) is 9.65. The van der Waals surface area contributed by atoms with E-state index in [4.69, 9.17) is 0 Å². The number of hydrogen-bond acceptors (Lipinski definition) is 3. The van der Waals surface area contributed by atoms with Gasteiger partial charge in [-0.15, -0.1) is 24.0 Å². The second-order valence-corrected chi connectivity index (χ2v) is 6.60. The number of nitrogens with zero attached hydrogens (tertiary/aromatic N) is 1. The van der Waals surface area contributed by atoms with Crippen LogP contribution in [0.2, 0.25) is 0 Å². The van der Waals surface area contributed by atoms with Crippen LogP contribution in [0.1, 0.15) is 36.8 Å². The predicted octanol–water partition coefficient (Wildman–Crippen LogP) is 3.48. The van der Waals surface area contributed by atoms with Crippen molar-refractivity contribution in [2.45, 2.75) is 32.2 Å². The van der Waals surface area contributed by atoms with Gasteiger partial charge >= 0.3 is 0 Å². The zero-order chi connectivity index (χ0) is 20.2. The lowest BCUT2D eigenvalue weighted by atomic mass is 10.0. The van der Waals surface area contributed by atoms with Crippen LogP contribution in [-0.2, 0) is 11.3 Å². The van der Waals surface area contributed by atoms with Crippen LogP contribution in [0.5, 0.6) is 0 Å². The summed E-state index contributed by atoms with van der Waals surface area (Å²) in [5, 5.41) is 19.1. The number of aliphatic imine (C=N–C) groups is 1. The van der Waals surface area contributed by atoms with Crippen LogP contribution in [0.3, 0.4) is 0 Å². The van der Waals surface area contributed by atoms with Crippen molar-refractivity contribution in [3.05, 3.63) is 65.7 Å². The molecule has 158 valence electrons. The van der Waals surface area contributed by atoms with Crippen molar-refractivity contribution in [2.75, 3.05) is 25.5 Å². The summed E-state index contributed by atoms with van der Waals surface area (Å²) in [7, 11) is 1.72.